The van der Waals surface area contributed by atoms with Gasteiger partial charge in [0.15, 0.2) is 0 Å². The van der Waals surface area contributed by atoms with Gasteiger partial charge in [-0.3, -0.25) is 9.20 Å². The van der Waals surface area contributed by atoms with E-state index in [4.69, 9.17) is 20.5 Å². The number of nitrogens with two attached hydrogens (primary N) is 2. The summed E-state index contributed by atoms with van der Waals surface area (Å²) in [4.78, 5) is 22.9. The summed E-state index contributed by atoms with van der Waals surface area (Å²) in [6, 6.07) is 20.8. The third kappa shape index (κ3) is 3.78. The Morgan fingerprint density at radius 1 is 0.970 bits per heavy atom. The quantitative estimate of drug-likeness (QED) is 0.403. The molecule has 0 spiro atoms. The van der Waals surface area contributed by atoms with E-state index in [1.165, 1.54) is 19.3 Å². The van der Waals surface area contributed by atoms with E-state index in [0.717, 1.165) is 44.8 Å². The summed E-state index contributed by atoms with van der Waals surface area (Å²) in [6.45, 7) is 0. The molecule has 1 aliphatic carbocycles. The lowest BCUT2D eigenvalue weighted by molar-refractivity contribution is -0.106. The fraction of sp³-hybridized carbons (Fsp3) is 0.154. The standard InChI is InChI=1S/C25H21N5.CH3NO/c26-24-23-22(29-25(18-7-4-8-18)30(23)14-13-27-24)19-10-9-17-11-12-20(28-21(17)15-19)16-5-2-1-3-6-16;2-1-3/h1-3,5-6,9-15,18H,4,7-8H2,(H2,26,27);1H,(H2,2,3). The van der Waals surface area contributed by atoms with Gasteiger partial charge >= 0.3 is 0 Å². The average molecular weight is 437 g/mol. The van der Waals surface area contributed by atoms with Crippen molar-refractivity contribution in [2.24, 2.45) is 5.73 Å². The number of imidazole rings is 1. The first-order valence-electron chi connectivity index (χ1n) is 10.9. The number of nitrogen functional groups attached to an aromatic ring is 1. The highest BCUT2D eigenvalue weighted by atomic mass is 16.1. The van der Waals surface area contributed by atoms with E-state index in [-0.39, 0.29) is 6.41 Å². The first-order chi connectivity index (χ1) is 16.2. The minimum Gasteiger partial charge on any atom is -0.382 e. The Labute approximate surface area is 191 Å². The number of primary amides is 1. The van der Waals surface area contributed by atoms with Crippen LogP contribution in [0.15, 0.2) is 73.1 Å². The lowest BCUT2D eigenvalue weighted by Gasteiger charge is -2.23. The van der Waals surface area contributed by atoms with Crippen molar-refractivity contribution >= 4 is 28.6 Å². The SMILES string of the molecule is NC=O.Nc1nccn2c(C3CCC3)nc(-c3ccc4ccc(-c5ccccc5)nc4c3)c12. The van der Waals surface area contributed by atoms with Crippen LogP contribution in [-0.4, -0.2) is 25.8 Å². The Morgan fingerprint density at radius 3 is 2.45 bits per heavy atom. The predicted molar refractivity (Wildman–Crippen MR) is 130 cm³/mol. The highest BCUT2D eigenvalue weighted by Crippen LogP contribution is 2.39. The second-order valence-corrected chi connectivity index (χ2v) is 8.08. The number of carbonyl (C=O) groups is 1. The van der Waals surface area contributed by atoms with Gasteiger partial charge in [-0.1, -0.05) is 55.0 Å². The number of carbonyl (C=O) groups excluding carboxylic acids is 1. The van der Waals surface area contributed by atoms with Crippen molar-refractivity contribution in [1.82, 2.24) is 19.4 Å². The third-order valence-electron chi connectivity index (χ3n) is 6.12. The predicted octanol–water partition coefficient (Wildman–Crippen LogP) is 4.56. The second-order valence-electron chi connectivity index (χ2n) is 8.08. The van der Waals surface area contributed by atoms with Crippen LogP contribution < -0.4 is 11.5 Å². The molecule has 5 aromatic rings. The van der Waals surface area contributed by atoms with Gasteiger partial charge in [-0.2, -0.15) is 0 Å². The van der Waals surface area contributed by atoms with E-state index in [1.54, 1.807) is 6.20 Å². The molecule has 7 heteroatoms. The van der Waals surface area contributed by atoms with Crippen molar-refractivity contribution in [1.29, 1.82) is 0 Å². The Bertz CT molecular complexity index is 1440. The molecule has 0 atom stereocenters. The van der Waals surface area contributed by atoms with Gasteiger partial charge in [-0.05, 0) is 25.0 Å². The topological polar surface area (TPSA) is 112 Å². The number of pyridine rings is 1. The van der Waals surface area contributed by atoms with Crippen LogP contribution in [0.1, 0.15) is 31.0 Å². The highest BCUT2D eigenvalue weighted by molar-refractivity contribution is 5.91. The largest absolute Gasteiger partial charge is 0.382 e. The van der Waals surface area contributed by atoms with Crippen LogP contribution in [0.4, 0.5) is 5.82 Å². The molecule has 6 rings (SSSR count). The van der Waals surface area contributed by atoms with Gasteiger partial charge in [-0.25, -0.2) is 15.0 Å². The zero-order valence-electron chi connectivity index (χ0n) is 18.1. The van der Waals surface area contributed by atoms with Gasteiger partial charge in [0, 0.05) is 34.8 Å². The molecule has 3 aromatic heterocycles. The number of benzene rings is 2. The van der Waals surface area contributed by atoms with Gasteiger partial charge in [0.25, 0.3) is 0 Å². The summed E-state index contributed by atoms with van der Waals surface area (Å²) in [7, 11) is 0. The molecule has 7 nitrogen and oxygen atoms in total. The molecule has 0 saturated heterocycles. The van der Waals surface area contributed by atoms with Crippen molar-refractivity contribution < 1.29 is 4.79 Å². The number of rotatable bonds is 3. The van der Waals surface area contributed by atoms with Gasteiger partial charge < -0.3 is 11.5 Å². The lowest BCUT2D eigenvalue weighted by atomic mass is 9.85. The van der Waals surface area contributed by atoms with Crippen molar-refractivity contribution in [3.8, 4) is 22.5 Å². The minimum atomic E-state index is 0.250. The normalized spacial score (nSPS) is 13.3. The molecule has 0 aliphatic heterocycles. The molecule has 2 aromatic carbocycles. The third-order valence-corrected chi connectivity index (χ3v) is 6.12. The summed E-state index contributed by atoms with van der Waals surface area (Å²) in [5.74, 6) is 2.10. The lowest BCUT2D eigenvalue weighted by Crippen LogP contribution is -2.12. The summed E-state index contributed by atoms with van der Waals surface area (Å²) in [6.07, 6.45) is 7.60. The second kappa shape index (κ2) is 8.70. The number of aromatic nitrogens is 4. The van der Waals surface area contributed by atoms with Crippen LogP contribution in [0.5, 0.6) is 0 Å². The molecule has 3 heterocycles. The molecule has 1 amide bonds. The van der Waals surface area contributed by atoms with Crippen LogP contribution in [0.2, 0.25) is 0 Å². The van der Waals surface area contributed by atoms with E-state index in [1.807, 2.05) is 24.4 Å². The number of nitrogens with zero attached hydrogens (tertiary/aromatic N) is 4. The fourth-order valence-electron chi connectivity index (χ4n) is 4.28. The van der Waals surface area contributed by atoms with Crippen LogP contribution >= 0.6 is 0 Å². The number of fused-ring (bicyclic) bond motifs is 2. The zero-order valence-corrected chi connectivity index (χ0v) is 18.1. The van der Waals surface area contributed by atoms with Gasteiger partial charge in [0.1, 0.15) is 22.9 Å². The van der Waals surface area contributed by atoms with E-state index < -0.39 is 0 Å². The van der Waals surface area contributed by atoms with Gasteiger partial charge in [0.05, 0.1) is 11.2 Å². The van der Waals surface area contributed by atoms with E-state index >= 15 is 0 Å². The number of anilines is 1. The highest BCUT2D eigenvalue weighted by Gasteiger charge is 2.26. The monoisotopic (exact) mass is 436 g/mol. The molecular weight excluding hydrogens is 412 g/mol. The van der Waals surface area contributed by atoms with E-state index in [2.05, 4.69) is 57.6 Å². The number of hydrogen-bond acceptors (Lipinski definition) is 5. The maximum atomic E-state index is 8.58. The number of hydrogen-bond donors (Lipinski definition) is 2. The van der Waals surface area contributed by atoms with Crippen molar-refractivity contribution in [2.45, 2.75) is 25.2 Å². The summed E-state index contributed by atoms with van der Waals surface area (Å²) >= 11 is 0. The van der Waals surface area contributed by atoms with Crippen molar-refractivity contribution in [3.05, 3.63) is 78.9 Å². The molecule has 1 fully saturated rings. The molecule has 0 unspecified atom stereocenters. The fourth-order valence-corrected chi connectivity index (χ4v) is 4.28. The molecule has 164 valence electrons. The summed E-state index contributed by atoms with van der Waals surface area (Å²) in [5.41, 5.74) is 16.3. The number of amides is 1. The van der Waals surface area contributed by atoms with Crippen LogP contribution in [0.25, 0.3) is 38.9 Å². The van der Waals surface area contributed by atoms with Gasteiger partial charge in [-0.15, -0.1) is 0 Å². The summed E-state index contributed by atoms with van der Waals surface area (Å²) < 4.78 is 2.12. The minimum absolute atomic E-state index is 0.250. The van der Waals surface area contributed by atoms with Crippen LogP contribution in [0.3, 0.4) is 0 Å². The molecule has 0 radical (unpaired) electrons. The smallest absolute Gasteiger partial charge is 0.204 e. The Kier molecular flexibility index (Phi) is 5.44. The molecule has 4 N–H and O–H groups in total. The van der Waals surface area contributed by atoms with Crippen LogP contribution in [-0.2, 0) is 4.79 Å². The maximum absolute atomic E-state index is 8.58. The Hall–Kier alpha value is -4.26. The van der Waals surface area contributed by atoms with Crippen LogP contribution in [0, 0.1) is 0 Å². The molecule has 0 bridgehead atoms. The molecular formula is C26H24N6O. The van der Waals surface area contributed by atoms with Gasteiger partial charge in [0.2, 0.25) is 6.41 Å². The maximum Gasteiger partial charge on any atom is 0.204 e. The van der Waals surface area contributed by atoms with Crippen molar-refractivity contribution in [3.63, 3.8) is 0 Å². The van der Waals surface area contributed by atoms with E-state index in [0.29, 0.717) is 11.7 Å². The first kappa shape index (κ1) is 20.6. The average Bonchev–Trinajstić information content (AvgIpc) is 3.19. The summed E-state index contributed by atoms with van der Waals surface area (Å²) in [5, 5.41) is 1.10. The molecule has 1 saturated carbocycles. The Balaban J connectivity index is 0.000000724. The first-order valence-corrected chi connectivity index (χ1v) is 10.9. The molecule has 1 aliphatic rings. The van der Waals surface area contributed by atoms with E-state index in [9.17, 15) is 0 Å². The Morgan fingerprint density at radius 2 is 1.73 bits per heavy atom. The molecule has 33 heavy (non-hydrogen) atoms. The van der Waals surface area contributed by atoms with Crippen molar-refractivity contribution in [2.75, 3.05) is 5.73 Å². The zero-order chi connectivity index (χ0) is 22.8.